The van der Waals surface area contributed by atoms with Crippen molar-refractivity contribution in [2.75, 3.05) is 12.8 Å². The van der Waals surface area contributed by atoms with Gasteiger partial charge in [0.2, 0.25) is 0 Å². The van der Waals surface area contributed by atoms with Gasteiger partial charge in [-0.2, -0.15) is 16.4 Å². The van der Waals surface area contributed by atoms with E-state index in [1.54, 1.807) is 23.1 Å². The van der Waals surface area contributed by atoms with E-state index in [0.29, 0.717) is 5.82 Å². The summed E-state index contributed by atoms with van der Waals surface area (Å²) in [5.41, 5.74) is 10.2. The number of rotatable bonds is 3. The monoisotopic (exact) mass is 285 g/mol. The molecule has 3 aromatic rings. The molecule has 0 saturated carbocycles. The van der Waals surface area contributed by atoms with Crippen molar-refractivity contribution >= 4 is 17.2 Å². The Morgan fingerprint density at radius 1 is 1.15 bits per heavy atom. The van der Waals surface area contributed by atoms with Crippen LogP contribution in [0, 0.1) is 0 Å². The van der Waals surface area contributed by atoms with Crippen molar-refractivity contribution in [1.82, 2.24) is 9.78 Å². The highest BCUT2D eigenvalue weighted by molar-refractivity contribution is 7.08. The molecule has 0 aliphatic heterocycles. The first-order chi connectivity index (χ1) is 9.70. The zero-order valence-electron chi connectivity index (χ0n) is 11.3. The van der Waals surface area contributed by atoms with Crippen molar-refractivity contribution in [2.45, 2.75) is 0 Å². The Balaban J connectivity index is 2.16. The van der Waals surface area contributed by atoms with E-state index in [4.69, 9.17) is 10.5 Å². The Morgan fingerprint density at radius 3 is 2.50 bits per heavy atom. The van der Waals surface area contributed by atoms with Crippen molar-refractivity contribution in [3.63, 3.8) is 0 Å². The summed E-state index contributed by atoms with van der Waals surface area (Å²) in [7, 11) is 3.52. The van der Waals surface area contributed by atoms with E-state index in [1.165, 1.54) is 0 Å². The third-order valence-electron chi connectivity index (χ3n) is 3.26. The summed E-state index contributed by atoms with van der Waals surface area (Å²) in [5.74, 6) is 1.49. The summed E-state index contributed by atoms with van der Waals surface area (Å²) in [4.78, 5) is 0. The number of benzene rings is 1. The van der Waals surface area contributed by atoms with E-state index in [0.717, 1.165) is 28.1 Å². The average molecular weight is 285 g/mol. The first kappa shape index (κ1) is 12.7. The standard InChI is InChI=1S/C15H15N3OS/c1-18-15(16)13(10-3-5-12(19-2)6-4-10)14(17-18)11-7-8-20-9-11/h3-9H,16H2,1-2H3. The predicted molar refractivity (Wildman–Crippen MR) is 82.9 cm³/mol. The Hall–Kier alpha value is -2.27. The molecule has 20 heavy (non-hydrogen) atoms. The van der Waals surface area contributed by atoms with E-state index >= 15 is 0 Å². The fourth-order valence-electron chi connectivity index (χ4n) is 2.18. The van der Waals surface area contributed by atoms with Gasteiger partial charge < -0.3 is 10.5 Å². The van der Waals surface area contributed by atoms with Crippen LogP contribution in [0.1, 0.15) is 0 Å². The van der Waals surface area contributed by atoms with E-state index in [1.807, 2.05) is 36.7 Å². The lowest BCUT2D eigenvalue weighted by Crippen LogP contribution is -1.98. The van der Waals surface area contributed by atoms with E-state index in [-0.39, 0.29) is 0 Å². The zero-order chi connectivity index (χ0) is 14.1. The summed E-state index contributed by atoms with van der Waals surface area (Å²) in [6.07, 6.45) is 0. The number of methoxy groups -OCH3 is 1. The molecule has 0 radical (unpaired) electrons. The second-order valence-corrected chi connectivity index (χ2v) is 5.25. The number of thiophene rings is 1. The molecule has 2 heterocycles. The molecule has 3 rings (SSSR count). The van der Waals surface area contributed by atoms with Crippen molar-refractivity contribution in [1.29, 1.82) is 0 Å². The molecule has 0 atom stereocenters. The fourth-order valence-corrected chi connectivity index (χ4v) is 2.82. The minimum atomic E-state index is 0.663. The smallest absolute Gasteiger partial charge is 0.129 e. The maximum absolute atomic E-state index is 6.18. The van der Waals surface area contributed by atoms with Crippen LogP contribution < -0.4 is 10.5 Å². The second-order valence-electron chi connectivity index (χ2n) is 4.47. The molecule has 2 aromatic heterocycles. The molecule has 0 spiro atoms. The van der Waals surface area contributed by atoms with Crippen LogP contribution in [0.2, 0.25) is 0 Å². The first-order valence-electron chi connectivity index (χ1n) is 6.20. The topological polar surface area (TPSA) is 53.1 Å². The van der Waals surface area contributed by atoms with Gasteiger partial charge in [-0.25, -0.2) is 0 Å². The molecule has 5 heteroatoms. The molecule has 0 bridgehead atoms. The van der Waals surface area contributed by atoms with Gasteiger partial charge in [-0.3, -0.25) is 4.68 Å². The van der Waals surface area contributed by atoms with E-state index in [9.17, 15) is 0 Å². The SMILES string of the molecule is COc1ccc(-c2c(-c3ccsc3)nn(C)c2N)cc1. The summed E-state index contributed by atoms with van der Waals surface area (Å²) in [6, 6.07) is 9.92. The molecular formula is C15H15N3OS. The Labute approximate surface area is 121 Å². The Kier molecular flexibility index (Phi) is 3.20. The van der Waals surface area contributed by atoms with Crippen molar-refractivity contribution < 1.29 is 4.74 Å². The van der Waals surface area contributed by atoms with Gasteiger partial charge in [0.25, 0.3) is 0 Å². The van der Waals surface area contributed by atoms with Crippen LogP contribution in [-0.2, 0) is 7.05 Å². The molecule has 2 N–H and O–H groups in total. The largest absolute Gasteiger partial charge is 0.497 e. The Bertz CT molecular complexity index is 714. The normalized spacial score (nSPS) is 10.7. The van der Waals surface area contributed by atoms with Gasteiger partial charge in [0.05, 0.1) is 12.7 Å². The number of aromatic nitrogens is 2. The van der Waals surface area contributed by atoms with Crippen molar-refractivity contribution in [2.24, 2.45) is 7.05 Å². The van der Waals surface area contributed by atoms with E-state index in [2.05, 4.69) is 16.5 Å². The minimum absolute atomic E-state index is 0.663. The maximum Gasteiger partial charge on any atom is 0.129 e. The number of hydrogen-bond donors (Lipinski definition) is 1. The van der Waals surface area contributed by atoms with Gasteiger partial charge in [0.15, 0.2) is 0 Å². The maximum atomic E-state index is 6.18. The fraction of sp³-hybridized carbons (Fsp3) is 0.133. The molecule has 0 aliphatic rings. The van der Waals surface area contributed by atoms with Crippen molar-refractivity contribution in [3.8, 4) is 28.1 Å². The lowest BCUT2D eigenvalue weighted by atomic mass is 10.0. The molecule has 102 valence electrons. The molecule has 0 saturated heterocycles. The van der Waals surface area contributed by atoms with Crippen LogP contribution in [0.15, 0.2) is 41.1 Å². The van der Waals surface area contributed by atoms with Crippen LogP contribution in [0.4, 0.5) is 5.82 Å². The number of nitrogens with zero attached hydrogens (tertiary/aromatic N) is 2. The lowest BCUT2D eigenvalue weighted by Gasteiger charge is -2.05. The number of ether oxygens (including phenoxy) is 1. The van der Waals surface area contributed by atoms with Gasteiger partial charge in [-0.1, -0.05) is 12.1 Å². The summed E-state index contributed by atoms with van der Waals surface area (Å²) in [5, 5.41) is 8.66. The van der Waals surface area contributed by atoms with Gasteiger partial charge in [-0.05, 0) is 29.1 Å². The molecule has 4 nitrogen and oxygen atoms in total. The second kappa shape index (κ2) is 5.02. The molecule has 0 unspecified atom stereocenters. The first-order valence-corrected chi connectivity index (χ1v) is 7.14. The molecular weight excluding hydrogens is 270 g/mol. The van der Waals surface area contributed by atoms with Gasteiger partial charge >= 0.3 is 0 Å². The lowest BCUT2D eigenvalue weighted by molar-refractivity contribution is 0.415. The van der Waals surface area contributed by atoms with Crippen LogP contribution >= 0.6 is 11.3 Å². The minimum Gasteiger partial charge on any atom is -0.497 e. The summed E-state index contributed by atoms with van der Waals surface area (Å²) in [6.45, 7) is 0. The quantitative estimate of drug-likeness (QED) is 0.802. The van der Waals surface area contributed by atoms with Gasteiger partial charge in [0, 0.05) is 18.0 Å². The molecule has 0 amide bonds. The van der Waals surface area contributed by atoms with Gasteiger partial charge in [0.1, 0.15) is 17.3 Å². The van der Waals surface area contributed by atoms with Crippen molar-refractivity contribution in [3.05, 3.63) is 41.1 Å². The average Bonchev–Trinajstić information content (AvgIpc) is 3.09. The number of aryl methyl sites for hydroxylation is 1. The van der Waals surface area contributed by atoms with Crippen LogP contribution in [-0.4, -0.2) is 16.9 Å². The third-order valence-corrected chi connectivity index (χ3v) is 3.95. The van der Waals surface area contributed by atoms with Crippen LogP contribution in [0.25, 0.3) is 22.4 Å². The molecule has 1 aromatic carbocycles. The van der Waals surface area contributed by atoms with E-state index < -0.39 is 0 Å². The number of nitrogen functional groups attached to an aromatic ring is 1. The highest BCUT2D eigenvalue weighted by Gasteiger charge is 2.17. The predicted octanol–water partition coefficient (Wildman–Crippen LogP) is 3.41. The highest BCUT2D eigenvalue weighted by atomic mass is 32.1. The number of hydrogen-bond acceptors (Lipinski definition) is 4. The number of anilines is 1. The summed E-state index contributed by atoms with van der Waals surface area (Å²) < 4.78 is 6.91. The molecule has 0 fully saturated rings. The Morgan fingerprint density at radius 2 is 1.90 bits per heavy atom. The number of nitrogens with two attached hydrogens (primary N) is 1. The highest BCUT2D eigenvalue weighted by Crippen LogP contribution is 2.37. The summed E-state index contributed by atoms with van der Waals surface area (Å²) >= 11 is 1.65. The third kappa shape index (κ3) is 2.06. The van der Waals surface area contributed by atoms with Crippen LogP contribution in [0.5, 0.6) is 5.75 Å². The van der Waals surface area contributed by atoms with Crippen LogP contribution in [0.3, 0.4) is 0 Å². The van der Waals surface area contributed by atoms with Gasteiger partial charge in [-0.15, -0.1) is 0 Å². The zero-order valence-corrected chi connectivity index (χ0v) is 12.1. The molecule has 0 aliphatic carbocycles.